The number of hydrogen-bond acceptors (Lipinski definition) is 3. The summed E-state index contributed by atoms with van der Waals surface area (Å²) in [5.41, 5.74) is 3.83. The summed E-state index contributed by atoms with van der Waals surface area (Å²) in [5.74, 6) is 1.06. The fourth-order valence-electron chi connectivity index (χ4n) is 3.84. The number of amides is 1. The first-order valence-corrected chi connectivity index (χ1v) is 9.98. The van der Waals surface area contributed by atoms with Crippen molar-refractivity contribution in [3.63, 3.8) is 0 Å². The van der Waals surface area contributed by atoms with E-state index in [9.17, 15) is 4.79 Å². The third-order valence-corrected chi connectivity index (χ3v) is 5.31. The van der Waals surface area contributed by atoms with Gasteiger partial charge in [0.1, 0.15) is 5.76 Å². The Bertz CT molecular complexity index is 939. The minimum absolute atomic E-state index is 0.143. The van der Waals surface area contributed by atoms with Gasteiger partial charge in [-0.1, -0.05) is 36.8 Å². The van der Waals surface area contributed by atoms with Crippen LogP contribution < -0.4 is 5.32 Å². The Kier molecular flexibility index (Phi) is 5.35. The minimum atomic E-state index is -0.143. The molecule has 5 nitrogen and oxygen atoms in total. The second-order valence-corrected chi connectivity index (χ2v) is 7.43. The number of nitrogens with zero attached hydrogens (tertiary/aromatic N) is 2. The molecule has 5 heteroatoms. The highest BCUT2D eigenvalue weighted by molar-refractivity contribution is 5.91. The summed E-state index contributed by atoms with van der Waals surface area (Å²) in [6.45, 7) is 7.36. The summed E-state index contributed by atoms with van der Waals surface area (Å²) in [6.07, 6.45) is 3.06. The lowest BCUT2D eigenvalue weighted by molar-refractivity contribution is 0.0919. The molecule has 28 heavy (non-hydrogen) atoms. The van der Waals surface area contributed by atoms with Gasteiger partial charge in [-0.05, 0) is 43.2 Å². The molecule has 1 aliphatic heterocycles. The molecule has 1 atom stereocenters. The van der Waals surface area contributed by atoms with Crippen molar-refractivity contribution in [2.75, 3.05) is 13.1 Å². The van der Waals surface area contributed by atoms with Crippen molar-refractivity contribution in [2.45, 2.75) is 39.4 Å². The number of carbonyl (C=O) groups excluding carboxylic acids is 1. The van der Waals surface area contributed by atoms with Crippen LogP contribution in [0, 0.1) is 6.92 Å². The second-order valence-electron chi connectivity index (χ2n) is 7.43. The first kappa shape index (κ1) is 18.6. The molecule has 0 fully saturated rings. The minimum Gasteiger partial charge on any atom is -0.455 e. The Morgan fingerprint density at radius 3 is 2.75 bits per heavy atom. The van der Waals surface area contributed by atoms with Crippen molar-refractivity contribution in [3.05, 3.63) is 83.1 Å². The Morgan fingerprint density at radius 2 is 1.96 bits per heavy atom. The number of fused-ring (bicyclic) bond motifs is 1. The van der Waals surface area contributed by atoms with E-state index in [-0.39, 0.29) is 11.9 Å². The SMILES string of the molecule is CCCNC(=O)c1ccc(CN2CCn3cccc3C2c2ccc(C)cc2)o1. The van der Waals surface area contributed by atoms with E-state index in [1.54, 1.807) is 6.07 Å². The predicted octanol–water partition coefficient (Wildman–Crippen LogP) is 4.13. The molecule has 0 radical (unpaired) electrons. The maximum absolute atomic E-state index is 12.1. The first-order chi connectivity index (χ1) is 13.7. The van der Waals surface area contributed by atoms with E-state index in [1.807, 2.05) is 13.0 Å². The third kappa shape index (κ3) is 3.76. The Morgan fingerprint density at radius 1 is 1.14 bits per heavy atom. The van der Waals surface area contributed by atoms with Crippen molar-refractivity contribution < 1.29 is 9.21 Å². The molecule has 0 saturated heterocycles. The standard InChI is InChI=1S/C23H27N3O2/c1-3-12-24-23(27)21-11-10-19(28-21)16-26-15-14-25-13-4-5-20(25)22(26)18-8-6-17(2)7-9-18/h4-11,13,22H,3,12,14-16H2,1-2H3,(H,24,27). The van der Waals surface area contributed by atoms with Crippen molar-refractivity contribution >= 4 is 5.91 Å². The number of benzene rings is 1. The Hall–Kier alpha value is -2.79. The van der Waals surface area contributed by atoms with Crippen LogP contribution in [-0.4, -0.2) is 28.5 Å². The lowest BCUT2D eigenvalue weighted by Gasteiger charge is -2.37. The van der Waals surface area contributed by atoms with Gasteiger partial charge in [-0.25, -0.2) is 0 Å². The topological polar surface area (TPSA) is 50.4 Å². The van der Waals surface area contributed by atoms with E-state index in [0.29, 0.717) is 18.8 Å². The fourth-order valence-corrected chi connectivity index (χ4v) is 3.84. The summed E-state index contributed by atoms with van der Waals surface area (Å²) in [7, 11) is 0. The zero-order valence-electron chi connectivity index (χ0n) is 16.5. The van der Waals surface area contributed by atoms with E-state index in [0.717, 1.165) is 25.3 Å². The van der Waals surface area contributed by atoms with Crippen LogP contribution in [0.15, 0.2) is 59.1 Å². The van der Waals surface area contributed by atoms with Crippen LogP contribution in [0.25, 0.3) is 0 Å². The molecule has 3 heterocycles. The molecule has 1 amide bonds. The Balaban J connectivity index is 1.57. The number of carbonyl (C=O) groups is 1. The van der Waals surface area contributed by atoms with Crippen molar-refractivity contribution in [1.29, 1.82) is 0 Å². The quantitative estimate of drug-likeness (QED) is 0.703. The van der Waals surface area contributed by atoms with Gasteiger partial charge < -0.3 is 14.3 Å². The highest BCUT2D eigenvalue weighted by atomic mass is 16.4. The molecule has 1 aromatic carbocycles. The van der Waals surface area contributed by atoms with Gasteiger partial charge in [0.05, 0.1) is 12.6 Å². The van der Waals surface area contributed by atoms with Gasteiger partial charge in [-0.15, -0.1) is 0 Å². The van der Waals surface area contributed by atoms with E-state index in [2.05, 4.69) is 64.3 Å². The molecule has 1 unspecified atom stereocenters. The largest absolute Gasteiger partial charge is 0.455 e. The van der Waals surface area contributed by atoms with Gasteiger partial charge in [-0.3, -0.25) is 9.69 Å². The number of aryl methyl sites for hydroxylation is 1. The van der Waals surface area contributed by atoms with Gasteiger partial charge in [-0.2, -0.15) is 0 Å². The number of rotatable bonds is 6. The van der Waals surface area contributed by atoms with Crippen LogP contribution >= 0.6 is 0 Å². The average Bonchev–Trinajstić information content (AvgIpc) is 3.36. The van der Waals surface area contributed by atoms with Gasteiger partial charge in [0.2, 0.25) is 0 Å². The highest BCUT2D eigenvalue weighted by Gasteiger charge is 2.29. The molecule has 0 saturated carbocycles. The van der Waals surface area contributed by atoms with Gasteiger partial charge >= 0.3 is 0 Å². The third-order valence-electron chi connectivity index (χ3n) is 5.31. The molecular formula is C23H27N3O2. The molecular weight excluding hydrogens is 350 g/mol. The number of nitrogens with one attached hydrogen (secondary N) is 1. The molecule has 3 aromatic rings. The van der Waals surface area contributed by atoms with Crippen molar-refractivity contribution in [3.8, 4) is 0 Å². The number of aromatic nitrogens is 1. The van der Waals surface area contributed by atoms with Crippen LogP contribution in [0.4, 0.5) is 0 Å². The van der Waals surface area contributed by atoms with Gasteiger partial charge in [0.15, 0.2) is 5.76 Å². The molecule has 0 aliphatic carbocycles. The molecule has 0 spiro atoms. The van der Waals surface area contributed by atoms with Crippen LogP contribution in [0.5, 0.6) is 0 Å². The van der Waals surface area contributed by atoms with E-state index in [4.69, 9.17) is 4.42 Å². The summed E-state index contributed by atoms with van der Waals surface area (Å²) in [4.78, 5) is 14.6. The number of hydrogen-bond donors (Lipinski definition) is 1. The smallest absolute Gasteiger partial charge is 0.286 e. The lowest BCUT2D eigenvalue weighted by Crippen LogP contribution is -2.37. The van der Waals surface area contributed by atoms with Crippen LogP contribution in [-0.2, 0) is 13.1 Å². The molecule has 1 N–H and O–H groups in total. The maximum Gasteiger partial charge on any atom is 0.286 e. The zero-order valence-corrected chi connectivity index (χ0v) is 16.5. The summed E-state index contributed by atoms with van der Waals surface area (Å²) in [5, 5.41) is 2.87. The van der Waals surface area contributed by atoms with Gasteiger partial charge in [0, 0.05) is 31.5 Å². The average molecular weight is 377 g/mol. The summed E-state index contributed by atoms with van der Waals surface area (Å²) < 4.78 is 8.18. The normalized spacial score (nSPS) is 16.7. The van der Waals surface area contributed by atoms with E-state index in [1.165, 1.54) is 16.8 Å². The lowest BCUT2D eigenvalue weighted by atomic mass is 9.99. The van der Waals surface area contributed by atoms with Crippen molar-refractivity contribution in [1.82, 2.24) is 14.8 Å². The van der Waals surface area contributed by atoms with E-state index >= 15 is 0 Å². The summed E-state index contributed by atoms with van der Waals surface area (Å²) in [6, 6.07) is 16.9. The Labute approximate surface area is 166 Å². The van der Waals surface area contributed by atoms with E-state index < -0.39 is 0 Å². The summed E-state index contributed by atoms with van der Waals surface area (Å²) >= 11 is 0. The molecule has 2 aromatic heterocycles. The molecule has 146 valence electrons. The maximum atomic E-state index is 12.1. The molecule has 4 rings (SSSR count). The highest BCUT2D eigenvalue weighted by Crippen LogP contribution is 2.33. The first-order valence-electron chi connectivity index (χ1n) is 9.98. The van der Waals surface area contributed by atoms with Crippen LogP contribution in [0.2, 0.25) is 0 Å². The predicted molar refractivity (Wildman–Crippen MR) is 109 cm³/mol. The van der Waals surface area contributed by atoms with Crippen LogP contribution in [0.1, 0.15) is 52.5 Å². The monoisotopic (exact) mass is 377 g/mol. The molecule has 0 bridgehead atoms. The fraction of sp³-hybridized carbons (Fsp3) is 0.348. The van der Waals surface area contributed by atoms with Gasteiger partial charge in [0.25, 0.3) is 5.91 Å². The van der Waals surface area contributed by atoms with Crippen molar-refractivity contribution in [2.24, 2.45) is 0 Å². The zero-order chi connectivity index (χ0) is 19.5. The second kappa shape index (κ2) is 8.07. The molecule has 1 aliphatic rings. The number of furan rings is 1. The van der Waals surface area contributed by atoms with Crippen LogP contribution in [0.3, 0.4) is 0 Å².